The molecule has 3 unspecified atom stereocenters. The van der Waals surface area contributed by atoms with Crippen LogP contribution in [-0.4, -0.2) is 77.8 Å². The van der Waals surface area contributed by atoms with Crippen molar-refractivity contribution in [2.75, 3.05) is 5.73 Å². The predicted molar refractivity (Wildman–Crippen MR) is 392 cm³/mol. The van der Waals surface area contributed by atoms with Gasteiger partial charge in [-0.3, -0.25) is 13.7 Å². The molecule has 0 radical (unpaired) electrons. The van der Waals surface area contributed by atoms with Crippen molar-refractivity contribution >= 4 is 93.2 Å². The van der Waals surface area contributed by atoms with Gasteiger partial charge in [0.25, 0.3) is 0 Å². The summed E-state index contributed by atoms with van der Waals surface area (Å²) in [6.45, 7) is 15.1. The second kappa shape index (κ2) is 28.7. The zero-order valence-electron chi connectivity index (χ0n) is 55.1. The summed E-state index contributed by atoms with van der Waals surface area (Å²) in [4.78, 5) is 83.1. The van der Waals surface area contributed by atoms with Crippen molar-refractivity contribution in [3.63, 3.8) is 0 Å². The summed E-state index contributed by atoms with van der Waals surface area (Å²) >= 11 is 6.63. The van der Waals surface area contributed by atoms with Crippen LogP contribution in [0.4, 0.5) is 5.69 Å². The van der Waals surface area contributed by atoms with E-state index in [1.54, 1.807) is 87.5 Å². The summed E-state index contributed by atoms with van der Waals surface area (Å²) in [6, 6.07) is 51.0. The van der Waals surface area contributed by atoms with Crippen LogP contribution in [0, 0.1) is 13.8 Å². The normalized spacial score (nSPS) is 12.2. The van der Waals surface area contributed by atoms with E-state index in [0.717, 1.165) is 76.3 Å². The number of anilines is 1. The van der Waals surface area contributed by atoms with Gasteiger partial charge in [0.2, 0.25) is 0 Å². The lowest BCUT2D eigenvalue weighted by Crippen LogP contribution is -2.19. The number of phenols is 1. The van der Waals surface area contributed by atoms with Gasteiger partial charge in [-0.05, 0) is 138 Å². The van der Waals surface area contributed by atoms with E-state index in [4.69, 9.17) is 34.1 Å². The van der Waals surface area contributed by atoms with E-state index in [2.05, 4.69) is 71.7 Å². The highest BCUT2D eigenvalue weighted by molar-refractivity contribution is 9.10. The zero-order valence-corrected chi connectivity index (χ0v) is 58.3. The predicted octanol–water partition coefficient (Wildman–Crippen LogP) is 15.3. The minimum absolute atomic E-state index is 0.0655. The van der Waals surface area contributed by atoms with Gasteiger partial charge in [0.1, 0.15) is 64.1 Å². The van der Waals surface area contributed by atoms with E-state index in [1.165, 1.54) is 0 Å². The minimum atomic E-state index is -0.400. The van der Waals surface area contributed by atoms with Crippen LogP contribution in [0.1, 0.15) is 81.1 Å². The molecule has 0 spiro atoms. The van der Waals surface area contributed by atoms with Crippen LogP contribution < -0.4 is 23.0 Å². The van der Waals surface area contributed by atoms with Crippen molar-refractivity contribution in [1.29, 1.82) is 0 Å². The third-order valence-electron chi connectivity index (χ3n) is 17.1. The first kappa shape index (κ1) is 66.8. The third kappa shape index (κ3) is 13.4. The molecule has 0 amide bonds. The van der Waals surface area contributed by atoms with Gasteiger partial charge in [-0.25, -0.2) is 64.2 Å². The van der Waals surface area contributed by atoms with Gasteiger partial charge < -0.3 is 33.2 Å². The maximum absolute atomic E-state index is 12.8. The van der Waals surface area contributed by atoms with Crippen molar-refractivity contribution < 1.29 is 18.4 Å². The fourth-order valence-corrected chi connectivity index (χ4v) is 12.7. The largest absolute Gasteiger partial charge is 0.506 e. The molecule has 0 saturated carbocycles. The third-order valence-corrected chi connectivity index (χ3v) is 18.1. The number of aryl methyl sites for hydroxylation is 4. The number of nitrogens with zero attached hydrogens (tertiary/aromatic N) is 15. The molecule has 7 aromatic carbocycles. The van der Waals surface area contributed by atoms with Crippen LogP contribution in [0.15, 0.2) is 238 Å². The Morgan fingerprint density at radius 3 is 1.15 bits per heavy atom. The van der Waals surface area contributed by atoms with Crippen LogP contribution in [-0.2, 0) is 13.1 Å². The van der Waals surface area contributed by atoms with E-state index in [-0.39, 0.29) is 29.6 Å². The first-order chi connectivity index (χ1) is 48.5. The molecule has 16 rings (SSSR count). The Morgan fingerprint density at radius 1 is 0.440 bits per heavy atom. The number of nitrogen functional groups attached to an aromatic ring is 1. The number of fused-ring (bicyclic) bond motifs is 5. The lowest BCUT2D eigenvalue weighted by molar-refractivity contribution is 0.478. The van der Waals surface area contributed by atoms with Crippen molar-refractivity contribution in [3.8, 4) is 51.0 Å². The van der Waals surface area contributed by atoms with E-state index in [0.29, 0.717) is 80.6 Å². The van der Waals surface area contributed by atoms with Crippen molar-refractivity contribution in [3.05, 3.63) is 270 Å². The standard InChI is InChI=1S/2C27H23N7O2.C15H12BrNO2.C6H6BrNO/c2*1-4-33-25(20-13-28-17(3)29-14-20)32-24-23(30-15-31-26(24)33)19-10-11-22-21(12-19)34(27(35)36-22)16(2)18-8-6-5-7-9-18;1-10(11-5-3-2-4-6-11)17-13-9-12(16)7-8-14(13)19-15(17)18;7-4-1-2-6(9)5(8)3-4/h2*5-16H,4H2,1-3H3;2-10H,1H3;1-3,9H,8H2. The SMILES string of the molecule is CC(c1ccccc1)n1c(=O)oc2ccc(Br)cc21.CCn1c(-c2cnc(C)nc2)nc2c(-c3ccc4oc(=O)n(C(C)c5ccccc5)c4c3)ncnc21.CCn1c(-c2cnc(C)nc2)nc2c(-c3ccc4oc(=O)n(C(C)c5ccccc5)c4c3)ncnc21.Nc1cc(Br)ccc1O. The molecule has 3 N–H and O–H groups in total. The molecule has 9 heterocycles. The molecule has 23 nitrogen and oxygen atoms in total. The Labute approximate surface area is 587 Å². The van der Waals surface area contributed by atoms with Crippen LogP contribution >= 0.6 is 31.9 Å². The molecule has 100 heavy (non-hydrogen) atoms. The molecule has 3 atom stereocenters. The molecule has 16 aromatic rings. The van der Waals surface area contributed by atoms with Gasteiger partial charge in [0, 0.05) is 57.9 Å². The number of benzene rings is 7. The number of aromatic hydroxyl groups is 1. The number of hydrogen-bond acceptors (Lipinski definition) is 18. The molecule has 0 saturated heterocycles. The summed E-state index contributed by atoms with van der Waals surface area (Å²) in [6.07, 6.45) is 10.2. The molecule has 9 aromatic heterocycles. The highest BCUT2D eigenvalue weighted by Crippen LogP contribution is 2.35. The van der Waals surface area contributed by atoms with Crippen LogP contribution in [0.3, 0.4) is 0 Å². The lowest BCUT2D eigenvalue weighted by Gasteiger charge is -2.13. The summed E-state index contributed by atoms with van der Waals surface area (Å²) in [7, 11) is 0. The quantitative estimate of drug-likeness (QED) is 0.0848. The summed E-state index contributed by atoms with van der Waals surface area (Å²) in [5.41, 5.74) is 20.1. The van der Waals surface area contributed by atoms with Crippen molar-refractivity contribution in [2.24, 2.45) is 0 Å². The number of imidazole rings is 2. The smallest absolute Gasteiger partial charge is 0.420 e. The molecular weight excluding hydrogens is 1400 g/mol. The van der Waals surface area contributed by atoms with E-state index < -0.39 is 11.5 Å². The van der Waals surface area contributed by atoms with Crippen LogP contribution in [0.5, 0.6) is 5.75 Å². The maximum Gasteiger partial charge on any atom is 0.420 e. The number of nitrogens with two attached hydrogens (primary N) is 1. The molecular formula is C75H64Br2N16O7. The Hall–Kier alpha value is -11.8. The summed E-state index contributed by atoms with van der Waals surface area (Å²) < 4.78 is 27.3. The average Bonchev–Trinajstić information content (AvgIpc) is 1.60. The fourth-order valence-electron chi connectivity index (χ4n) is 12.0. The number of hydrogen-bond donors (Lipinski definition) is 2. The highest BCUT2D eigenvalue weighted by Gasteiger charge is 2.25. The Morgan fingerprint density at radius 2 is 0.790 bits per heavy atom. The van der Waals surface area contributed by atoms with Crippen molar-refractivity contribution in [1.82, 2.24) is 72.7 Å². The number of phenolic OH excluding ortho intramolecular Hbond substituents is 1. The molecule has 0 aliphatic rings. The zero-order chi connectivity index (χ0) is 69.9. The molecule has 0 fully saturated rings. The Bertz CT molecular complexity index is 5550. The second-order valence-electron chi connectivity index (χ2n) is 23.3. The minimum Gasteiger partial charge on any atom is -0.506 e. The first-order valence-corrected chi connectivity index (χ1v) is 33.6. The van der Waals surface area contributed by atoms with Gasteiger partial charge in [0.05, 0.1) is 51.5 Å². The fraction of sp³-hybridized carbons (Fsp3) is 0.160. The van der Waals surface area contributed by atoms with Gasteiger partial charge in [-0.1, -0.05) is 123 Å². The highest BCUT2D eigenvalue weighted by atomic mass is 79.9. The molecule has 0 aliphatic heterocycles. The van der Waals surface area contributed by atoms with E-state index in [9.17, 15) is 14.4 Å². The number of oxazole rings is 3. The Balaban J connectivity index is 0.000000131. The van der Waals surface area contributed by atoms with Gasteiger partial charge in [-0.2, -0.15) is 0 Å². The molecule has 0 aliphatic carbocycles. The van der Waals surface area contributed by atoms with Crippen molar-refractivity contribution in [2.45, 2.75) is 79.7 Å². The maximum atomic E-state index is 12.8. The summed E-state index contributed by atoms with van der Waals surface area (Å²) in [5.74, 6) is 1.85. The topological polar surface area (TPSA) is 290 Å². The first-order valence-electron chi connectivity index (χ1n) is 32.0. The van der Waals surface area contributed by atoms with E-state index in [1.807, 2.05) is 185 Å². The van der Waals surface area contributed by atoms with Gasteiger partial charge >= 0.3 is 17.3 Å². The number of aromatic nitrogens is 15. The number of rotatable bonds is 12. The second-order valence-corrected chi connectivity index (χ2v) is 25.2. The van der Waals surface area contributed by atoms with Gasteiger partial charge in [0.15, 0.2) is 28.0 Å². The molecule has 25 heteroatoms. The van der Waals surface area contributed by atoms with Crippen LogP contribution in [0.2, 0.25) is 0 Å². The average molecular weight is 1460 g/mol. The van der Waals surface area contributed by atoms with Gasteiger partial charge in [-0.15, -0.1) is 0 Å². The Kier molecular flexibility index (Phi) is 19.2. The van der Waals surface area contributed by atoms with Crippen LogP contribution in [0.25, 0.3) is 101 Å². The number of halogens is 2. The molecule has 0 bridgehead atoms. The molecule has 500 valence electrons. The van der Waals surface area contributed by atoms with E-state index >= 15 is 0 Å². The monoisotopic (exact) mass is 1460 g/mol. The lowest BCUT2D eigenvalue weighted by atomic mass is 10.1. The summed E-state index contributed by atoms with van der Waals surface area (Å²) in [5, 5.41) is 8.90.